The second kappa shape index (κ2) is 28.0. The Balaban J connectivity index is 0.790. The summed E-state index contributed by atoms with van der Waals surface area (Å²) in [6.07, 6.45) is 0.0616. The van der Waals surface area contributed by atoms with Gasteiger partial charge in [0.05, 0.1) is 101 Å². The van der Waals surface area contributed by atoms with Crippen LogP contribution in [0.15, 0.2) is 71.5 Å². The lowest BCUT2D eigenvalue weighted by atomic mass is 9.81. The summed E-state index contributed by atoms with van der Waals surface area (Å²) in [4.78, 5) is 109. The van der Waals surface area contributed by atoms with E-state index in [-0.39, 0.29) is 63.5 Å². The van der Waals surface area contributed by atoms with Crippen LogP contribution >= 0.6 is 0 Å². The molecule has 2 aromatic heterocycles. The molecule has 0 bridgehead atoms. The number of rotatable bonds is 28. The molecule has 8 rings (SSSR count). The van der Waals surface area contributed by atoms with Crippen LogP contribution in [0.3, 0.4) is 0 Å². The number of fused-ring (bicyclic) bond motifs is 5. The van der Waals surface area contributed by atoms with Crippen LogP contribution in [-0.2, 0) is 95.4 Å². The van der Waals surface area contributed by atoms with Gasteiger partial charge in [0.1, 0.15) is 31.7 Å². The van der Waals surface area contributed by atoms with Gasteiger partial charge in [-0.1, -0.05) is 49.4 Å². The van der Waals surface area contributed by atoms with Crippen molar-refractivity contribution in [2.75, 3.05) is 84.4 Å². The first-order valence-corrected chi connectivity index (χ1v) is 26.9. The van der Waals surface area contributed by atoms with E-state index in [1.54, 1.807) is 74.5 Å². The molecule has 5 aromatic rings. The summed E-state index contributed by atoms with van der Waals surface area (Å²) < 4.78 is 49.0. The molecule has 0 fully saturated rings. The van der Waals surface area contributed by atoms with Crippen molar-refractivity contribution in [3.05, 3.63) is 127 Å². The van der Waals surface area contributed by atoms with Gasteiger partial charge >= 0.3 is 12.1 Å². The van der Waals surface area contributed by atoms with E-state index in [0.29, 0.717) is 108 Å². The van der Waals surface area contributed by atoms with Gasteiger partial charge in [-0.05, 0) is 72.2 Å². The number of aliphatic hydroxyl groups is 1. The van der Waals surface area contributed by atoms with Crippen molar-refractivity contribution in [1.82, 2.24) is 36.1 Å². The molecule has 0 radical (unpaired) electrons. The van der Waals surface area contributed by atoms with E-state index in [0.717, 1.165) is 5.56 Å². The van der Waals surface area contributed by atoms with E-state index in [1.807, 2.05) is 0 Å². The zero-order valence-corrected chi connectivity index (χ0v) is 45.5. The molecule has 25 heteroatoms. The van der Waals surface area contributed by atoms with E-state index in [9.17, 15) is 43.5 Å². The Bertz CT molecular complexity index is 3250. The highest BCUT2D eigenvalue weighted by Crippen LogP contribution is 2.46. The number of pyridine rings is 2. The number of alkyl carbamates (subject to hydrolysis) is 1. The molecular weight excluding hydrogens is 1070 g/mol. The van der Waals surface area contributed by atoms with Crippen molar-refractivity contribution in [1.29, 1.82) is 0 Å². The molecule has 6 amide bonds. The highest BCUT2D eigenvalue weighted by molar-refractivity contribution is 5.97. The Morgan fingerprint density at radius 3 is 2.20 bits per heavy atom. The molecule has 82 heavy (non-hydrogen) atoms. The number of carbonyl (C=O) groups is 7. The molecule has 3 aliphatic rings. The fourth-order valence-corrected chi connectivity index (χ4v) is 9.90. The number of anilines is 1. The average molecular weight is 1140 g/mol. The number of amides is 6. The fourth-order valence-electron chi connectivity index (χ4n) is 9.90. The molecule has 436 valence electrons. The predicted molar refractivity (Wildman–Crippen MR) is 292 cm³/mol. The van der Waals surface area contributed by atoms with Gasteiger partial charge in [-0.3, -0.25) is 28.8 Å². The first kappa shape index (κ1) is 59.9. The molecule has 0 unspecified atom stereocenters. The molecule has 3 aromatic carbocycles. The second-order valence-corrected chi connectivity index (χ2v) is 19.6. The molecular formula is C57H66FN9O15. The van der Waals surface area contributed by atoms with Crippen LogP contribution in [0.25, 0.3) is 22.3 Å². The molecule has 9 N–H and O–H groups in total. The molecule has 24 nitrogen and oxygen atoms in total. The van der Waals surface area contributed by atoms with Crippen molar-refractivity contribution < 1.29 is 71.5 Å². The first-order valence-electron chi connectivity index (χ1n) is 26.9. The topological polar surface area (TPSA) is 328 Å². The minimum atomic E-state index is -2.04. The van der Waals surface area contributed by atoms with Gasteiger partial charge in [-0.15, -0.1) is 0 Å². The van der Waals surface area contributed by atoms with Crippen LogP contribution < -0.4 is 43.2 Å². The number of cyclic esters (lactones) is 1. The fraction of sp³-hybridized carbons (Fsp3) is 0.421. The lowest BCUT2D eigenvalue weighted by Crippen LogP contribution is -2.52. The summed E-state index contributed by atoms with van der Waals surface area (Å²) >= 11 is 0. The molecule has 2 aliphatic heterocycles. The number of aromatic nitrogens is 2. The van der Waals surface area contributed by atoms with Gasteiger partial charge in [-0.2, -0.15) is 0 Å². The largest absolute Gasteiger partial charge is 0.458 e. The average Bonchev–Trinajstić information content (AvgIpc) is 1.99. The van der Waals surface area contributed by atoms with Crippen molar-refractivity contribution >= 4 is 58.2 Å². The van der Waals surface area contributed by atoms with E-state index < -0.39 is 90.3 Å². The summed E-state index contributed by atoms with van der Waals surface area (Å²) in [5.74, 6) is -4.49. The first-order chi connectivity index (χ1) is 39.6. The molecule has 4 heterocycles. The van der Waals surface area contributed by atoms with E-state index in [2.05, 4.69) is 31.9 Å². The van der Waals surface area contributed by atoms with Gasteiger partial charge < -0.3 is 75.7 Å². The number of nitrogens with two attached hydrogens (primary N) is 1. The number of ether oxygens (including phenoxy) is 6. The maximum absolute atomic E-state index is 15.4. The summed E-state index contributed by atoms with van der Waals surface area (Å²) in [7, 11) is 0. The third-order valence-corrected chi connectivity index (χ3v) is 14.1. The number of halogens is 1. The number of benzene rings is 3. The van der Waals surface area contributed by atoms with Gasteiger partial charge in [0, 0.05) is 41.2 Å². The van der Waals surface area contributed by atoms with Crippen molar-refractivity contribution in [2.24, 2.45) is 5.73 Å². The smallest absolute Gasteiger partial charge is 0.407 e. The highest BCUT2D eigenvalue weighted by atomic mass is 19.1. The number of nitrogens with zero attached hydrogens (tertiary/aromatic N) is 2. The third kappa shape index (κ3) is 14.6. The van der Waals surface area contributed by atoms with Crippen LogP contribution in [0.5, 0.6) is 0 Å². The summed E-state index contributed by atoms with van der Waals surface area (Å²) in [6, 6.07) is 16.4. The third-order valence-electron chi connectivity index (χ3n) is 14.1. The Hall–Kier alpha value is -8.20. The second-order valence-electron chi connectivity index (χ2n) is 19.6. The van der Waals surface area contributed by atoms with Crippen LogP contribution in [-0.4, -0.2) is 141 Å². The summed E-state index contributed by atoms with van der Waals surface area (Å²) in [6.45, 7) is 3.99. The van der Waals surface area contributed by atoms with Gasteiger partial charge in [0.15, 0.2) is 5.60 Å². The Morgan fingerprint density at radius 2 is 1.49 bits per heavy atom. The van der Waals surface area contributed by atoms with Crippen LogP contribution in [0.4, 0.5) is 14.9 Å². The van der Waals surface area contributed by atoms with Crippen LogP contribution in [0, 0.1) is 12.7 Å². The monoisotopic (exact) mass is 1140 g/mol. The SMILES string of the molecule is CC[C@@]1(O)C(=O)OCc2c1cc1n(c2=O)Cc2c-1nc1cc(F)c(C)c3c1c2[C@@H](NC(=O)OCc1ccc(NC(=O)CNC(=O)[C@H](Cc2ccccc2)NC(=O)CNC(=O)CNC(=O)COCCOCCOCCOCCN)cc1)CC3. The highest BCUT2D eigenvalue weighted by Gasteiger charge is 2.46. The lowest BCUT2D eigenvalue weighted by Gasteiger charge is -2.31. The van der Waals surface area contributed by atoms with Gasteiger partial charge in [-0.25, -0.2) is 19.0 Å². The normalized spacial score (nSPS) is 16.0. The quantitative estimate of drug-likeness (QED) is 0.0255. The van der Waals surface area contributed by atoms with Gasteiger partial charge in [0.25, 0.3) is 5.56 Å². The van der Waals surface area contributed by atoms with Crippen molar-refractivity contribution in [2.45, 2.75) is 77.0 Å². The van der Waals surface area contributed by atoms with Crippen LogP contribution in [0.2, 0.25) is 0 Å². The lowest BCUT2D eigenvalue weighted by molar-refractivity contribution is -0.172. The number of aryl methyl sites for hydroxylation is 1. The molecule has 0 saturated carbocycles. The van der Waals surface area contributed by atoms with E-state index >= 15 is 4.39 Å². The van der Waals surface area contributed by atoms with Crippen molar-refractivity contribution in [3.8, 4) is 11.4 Å². The standard InChI is InChI=1S/C57H66FN9O15/c1-3-57(76)40-24-45-52-38(29-67(45)54(73)39(40)31-81-55(57)74)51-42(14-13-37-33(2)41(58)25-43(65-52)50(37)51)66-56(75)82-30-35-9-11-36(12-10-35)63-47(69)28-62-53(72)44(23-34-7-5-4-6-8-34)64-48(70)27-60-46(68)26-61-49(71)32-80-22-21-79-20-19-78-18-17-77-16-15-59/h4-12,24-25,42,44,76H,3,13-23,26-32,59H2,1-2H3,(H,60,68)(H,61,71)(H,62,72)(H,63,69)(H,64,70)(H,66,75)/t42-,44-,57-/m0/s1. The maximum Gasteiger partial charge on any atom is 0.407 e. The molecule has 0 saturated heterocycles. The van der Waals surface area contributed by atoms with E-state index in [4.69, 9.17) is 39.1 Å². The van der Waals surface area contributed by atoms with Gasteiger partial charge in [0.2, 0.25) is 29.5 Å². The predicted octanol–water partition coefficient (Wildman–Crippen LogP) is 1.48. The molecule has 0 spiro atoms. The Kier molecular flexibility index (Phi) is 20.4. The summed E-state index contributed by atoms with van der Waals surface area (Å²) in [5.41, 5.74) is 8.31. The minimum Gasteiger partial charge on any atom is -0.458 e. The van der Waals surface area contributed by atoms with Crippen LogP contribution in [0.1, 0.15) is 70.3 Å². The number of hydrogen-bond acceptors (Lipinski definition) is 17. The van der Waals surface area contributed by atoms with E-state index in [1.165, 1.54) is 10.6 Å². The zero-order valence-electron chi connectivity index (χ0n) is 45.5. The Morgan fingerprint density at radius 1 is 0.817 bits per heavy atom. The summed E-state index contributed by atoms with van der Waals surface area (Å²) in [5, 5.41) is 27.6. The van der Waals surface area contributed by atoms with Crippen molar-refractivity contribution in [3.63, 3.8) is 0 Å². The molecule has 1 aliphatic carbocycles. The number of nitrogens with one attached hydrogen (secondary N) is 6. The minimum absolute atomic E-state index is 0.0408. The molecule has 3 atom stereocenters. The number of esters is 1. The number of carbonyl (C=O) groups excluding carboxylic acids is 7. The Labute approximate surface area is 470 Å². The zero-order chi connectivity index (χ0) is 58.3. The number of hydrogen-bond donors (Lipinski definition) is 8. The maximum atomic E-state index is 15.4.